The van der Waals surface area contributed by atoms with Crippen LogP contribution in [0.3, 0.4) is 0 Å². The van der Waals surface area contributed by atoms with Gasteiger partial charge in [0.2, 0.25) is 0 Å². The lowest BCUT2D eigenvalue weighted by atomic mass is 9.84. The molecule has 0 aliphatic heterocycles. The molecule has 382 valence electrons. The van der Waals surface area contributed by atoms with E-state index in [1.165, 1.54) is 122 Å². The molecule has 0 aliphatic carbocycles. The van der Waals surface area contributed by atoms with Gasteiger partial charge in [0.25, 0.3) is 0 Å². The summed E-state index contributed by atoms with van der Waals surface area (Å²) in [5.74, 6) is 0. The van der Waals surface area contributed by atoms with E-state index >= 15 is 0 Å². The molecule has 1 heteroatoms. The van der Waals surface area contributed by atoms with Crippen LogP contribution < -0.4 is 0 Å². The first-order valence-electron chi connectivity index (χ1n) is 27.6. The second-order valence-electron chi connectivity index (χ2n) is 25.6. The Morgan fingerprint density at radius 3 is 0.831 bits per heavy atom. The maximum Gasteiger partial charge on any atom is 0.0541 e. The number of hydrogen-bond donors (Lipinski definition) is 0. The molecule has 0 spiro atoms. The monoisotopic (exact) mass is 1000 g/mol. The lowest BCUT2D eigenvalue weighted by Crippen LogP contribution is -2.10. The van der Waals surface area contributed by atoms with Crippen molar-refractivity contribution >= 4 is 21.8 Å². The van der Waals surface area contributed by atoms with Gasteiger partial charge in [-0.05, 0) is 183 Å². The Balaban J connectivity index is 1.16. The zero-order valence-corrected chi connectivity index (χ0v) is 47.3. The average Bonchev–Trinajstić information content (AvgIpc) is 3.81. The first-order valence-corrected chi connectivity index (χ1v) is 27.6. The molecule has 10 aromatic carbocycles. The summed E-state index contributed by atoms with van der Waals surface area (Å²) in [5, 5.41) is 2.43. The van der Waals surface area contributed by atoms with E-state index in [0.717, 1.165) is 5.69 Å². The maximum atomic E-state index is 2.50. The Morgan fingerprint density at radius 2 is 0.506 bits per heavy atom. The van der Waals surface area contributed by atoms with Crippen molar-refractivity contribution in [3.63, 3.8) is 0 Å². The first-order chi connectivity index (χ1) is 36.7. The predicted molar refractivity (Wildman–Crippen MR) is 334 cm³/mol. The molecule has 11 rings (SSSR count). The Hall–Kier alpha value is -8.00. The smallest absolute Gasteiger partial charge is 0.0541 e. The van der Waals surface area contributed by atoms with Gasteiger partial charge in [0, 0.05) is 16.3 Å². The molecule has 1 aromatic heterocycles. The number of para-hydroxylation sites is 1. The third kappa shape index (κ3) is 10.4. The van der Waals surface area contributed by atoms with Crippen LogP contribution in [0.5, 0.6) is 0 Å². The fourth-order valence-electron chi connectivity index (χ4n) is 11.1. The Labute approximate surface area is 459 Å². The number of benzene rings is 10. The largest absolute Gasteiger partial charge is 0.309 e. The molecule has 1 heterocycles. The molecule has 11 aromatic rings. The molecule has 0 saturated heterocycles. The van der Waals surface area contributed by atoms with Gasteiger partial charge in [-0.3, -0.25) is 0 Å². The van der Waals surface area contributed by atoms with Crippen molar-refractivity contribution < 1.29 is 0 Å². The van der Waals surface area contributed by atoms with E-state index < -0.39 is 0 Å². The van der Waals surface area contributed by atoms with Crippen molar-refractivity contribution in [1.29, 1.82) is 0 Å². The van der Waals surface area contributed by atoms with E-state index in [1.54, 1.807) is 0 Å². The average molecular weight is 1000 g/mol. The minimum absolute atomic E-state index is 0.0201. The molecule has 0 radical (unpaired) electrons. The molecule has 0 aliphatic rings. The summed E-state index contributed by atoms with van der Waals surface area (Å²) in [4.78, 5) is 0. The van der Waals surface area contributed by atoms with Crippen LogP contribution in [-0.4, -0.2) is 4.57 Å². The highest BCUT2D eigenvalue weighted by Gasteiger charge is 2.22. The van der Waals surface area contributed by atoms with Crippen molar-refractivity contribution in [1.82, 2.24) is 4.57 Å². The topological polar surface area (TPSA) is 4.93 Å². The molecule has 77 heavy (non-hydrogen) atoms. The van der Waals surface area contributed by atoms with Crippen LogP contribution in [0.15, 0.2) is 224 Å². The number of aromatic nitrogens is 1. The SMILES string of the molecule is CC(C)(C)c1cccc(-c2cc(-c3cccc(C(C)(C)C)c3)cc(-c3ccc4c(c3)c3cc(-c5cc(-c6cccc(C(C)(C)C)c6)cc(-c6cccc(C(C)(C)C)c6)c5)ccc3n4-c3ccccc3-c3ccccc3)c2)c1. The van der Waals surface area contributed by atoms with E-state index in [9.17, 15) is 0 Å². The predicted octanol–water partition coefficient (Wildman–Crippen LogP) is 21.6. The molecular formula is C76H73N. The van der Waals surface area contributed by atoms with Crippen LogP contribution in [0.1, 0.15) is 105 Å². The van der Waals surface area contributed by atoms with E-state index in [4.69, 9.17) is 0 Å². The number of hydrogen-bond acceptors (Lipinski definition) is 0. The van der Waals surface area contributed by atoms with Crippen LogP contribution in [0.25, 0.3) is 105 Å². The summed E-state index contributed by atoms with van der Waals surface area (Å²) in [5.41, 5.74) is 25.8. The zero-order chi connectivity index (χ0) is 54.0. The van der Waals surface area contributed by atoms with Gasteiger partial charge in [-0.1, -0.05) is 241 Å². The lowest BCUT2D eigenvalue weighted by molar-refractivity contribution is 0.590. The number of nitrogens with zero attached hydrogens (tertiary/aromatic N) is 1. The van der Waals surface area contributed by atoms with Crippen molar-refractivity contribution in [2.45, 2.75) is 105 Å². The molecule has 0 atom stereocenters. The summed E-state index contributed by atoms with van der Waals surface area (Å²) < 4.78 is 2.50. The van der Waals surface area contributed by atoms with Crippen LogP contribution in [0.2, 0.25) is 0 Å². The first kappa shape index (κ1) is 51.1. The van der Waals surface area contributed by atoms with Gasteiger partial charge in [0.05, 0.1) is 16.7 Å². The van der Waals surface area contributed by atoms with Gasteiger partial charge in [-0.25, -0.2) is 0 Å². The van der Waals surface area contributed by atoms with Crippen LogP contribution >= 0.6 is 0 Å². The molecule has 0 fully saturated rings. The summed E-state index contributed by atoms with van der Waals surface area (Å²) in [7, 11) is 0. The van der Waals surface area contributed by atoms with E-state index in [-0.39, 0.29) is 21.7 Å². The fourth-order valence-corrected chi connectivity index (χ4v) is 11.1. The molecule has 0 unspecified atom stereocenters. The Bertz CT molecular complexity index is 3630. The standard InChI is InChI=1S/C76H73N/c1-73(2,3)63-28-18-24-51(44-63)57-38-58(52-25-19-29-64(45-52)74(4,5)6)41-61(40-57)55-34-36-71-68(48-55)69-49-56(35-37-72(69)77(71)70-33-17-16-32-67(70)50-22-14-13-15-23-50)62-42-59(53-26-20-30-65(46-53)75(7,8)9)39-60(43-62)54-27-21-31-66(47-54)76(10,11)12/h13-49H,1-12H3. The minimum Gasteiger partial charge on any atom is -0.309 e. The lowest BCUT2D eigenvalue weighted by Gasteiger charge is -2.21. The second kappa shape index (κ2) is 19.5. The molecule has 0 saturated carbocycles. The number of rotatable bonds is 8. The summed E-state index contributed by atoms with van der Waals surface area (Å²) in [6.45, 7) is 27.6. The van der Waals surface area contributed by atoms with Gasteiger partial charge in [0.15, 0.2) is 0 Å². The summed E-state index contributed by atoms with van der Waals surface area (Å²) in [6.07, 6.45) is 0. The highest BCUT2D eigenvalue weighted by molar-refractivity contribution is 6.12. The third-order valence-electron chi connectivity index (χ3n) is 15.8. The quantitative estimate of drug-likeness (QED) is 0.143. The molecule has 0 N–H and O–H groups in total. The van der Waals surface area contributed by atoms with Gasteiger partial charge in [-0.2, -0.15) is 0 Å². The normalized spacial score (nSPS) is 12.4. The third-order valence-corrected chi connectivity index (χ3v) is 15.8. The fraction of sp³-hybridized carbons (Fsp3) is 0.211. The van der Waals surface area contributed by atoms with Crippen molar-refractivity contribution in [2.75, 3.05) is 0 Å². The number of fused-ring (bicyclic) bond motifs is 3. The minimum atomic E-state index is 0.0201. The highest BCUT2D eigenvalue weighted by atomic mass is 15.0. The summed E-state index contributed by atoms with van der Waals surface area (Å²) >= 11 is 0. The molecule has 0 amide bonds. The Morgan fingerprint density at radius 1 is 0.221 bits per heavy atom. The molecule has 1 nitrogen and oxygen atoms in total. The van der Waals surface area contributed by atoms with Crippen molar-refractivity contribution in [3.8, 4) is 83.6 Å². The van der Waals surface area contributed by atoms with Crippen molar-refractivity contribution in [3.05, 3.63) is 247 Å². The summed E-state index contributed by atoms with van der Waals surface area (Å²) in [6, 6.07) is 85.0. The van der Waals surface area contributed by atoms with E-state index in [0.29, 0.717) is 0 Å². The Kier molecular flexibility index (Phi) is 13.0. The maximum absolute atomic E-state index is 2.50. The van der Waals surface area contributed by atoms with Gasteiger partial charge in [-0.15, -0.1) is 0 Å². The molecule has 0 bridgehead atoms. The van der Waals surface area contributed by atoms with Crippen LogP contribution in [0, 0.1) is 0 Å². The second-order valence-corrected chi connectivity index (χ2v) is 25.6. The van der Waals surface area contributed by atoms with Crippen LogP contribution in [-0.2, 0) is 21.7 Å². The zero-order valence-electron chi connectivity index (χ0n) is 47.3. The van der Waals surface area contributed by atoms with E-state index in [1.807, 2.05) is 0 Å². The molecular weight excluding hydrogens is 927 g/mol. The highest BCUT2D eigenvalue weighted by Crippen LogP contribution is 2.43. The van der Waals surface area contributed by atoms with Gasteiger partial charge < -0.3 is 4.57 Å². The van der Waals surface area contributed by atoms with Gasteiger partial charge in [0.1, 0.15) is 0 Å². The van der Waals surface area contributed by atoms with E-state index in [2.05, 4.69) is 312 Å². The van der Waals surface area contributed by atoms with Gasteiger partial charge >= 0.3 is 0 Å². The van der Waals surface area contributed by atoms with Crippen LogP contribution in [0.4, 0.5) is 0 Å². The van der Waals surface area contributed by atoms with Crippen molar-refractivity contribution in [2.24, 2.45) is 0 Å².